The number of carboxylic acid groups (broad SMARTS) is 4. The monoisotopic (exact) mass is 1520 g/mol. The Kier molecular flexibility index (Phi) is 48.8. The third-order valence-corrected chi connectivity index (χ3v) is 16.9. The quantitative estimate of drug-likeness (QED) is 0.0388. The molecule has 8 rings (SSSR count). The second kappa shape index (κ2) is 53.0. The summed E-state index contributed by atoms with van der Waals surface area (Å²) in [6.45, 7) is 13.1. The van der Waals surface area contributed by atoms with Gasteiger partial charge in [0.05, 0.1) is 41.4 Å². The van der Waals surface area contributed by atoms with Gasteiger partial charge in [-0.15, -0.1) is 52.4 Å². The molecule has 0 aromatic rings. The molecule has 0 amide bonds. The van der Waals surface area contributed by atoms with Crippen LogP contribution in [0.1, 0.15) is 124 Å². The molecule has 0 aromatic heterocycles. The normalized spacial score (nSPS) is 18.8. The van der Waals surface area contributed by atoms with Gasteiger partial charge in [0.25, 0.3) is 23.9 Å². The van der Waals surface area contributed by atoms with Gasteiger partial charge in [-0.25, -0.2) is 4.79 Å². The molecule has 8 aliphatic heterocycles. The first-order valence-corrected chi connectivity index (χ1v) is 34.0. The minimum absolute atomic E-state index is 0. The maximum Gasteiger partial charge on any atom is 2.00 e. The van der Waals surface area contributed by atoms with Crippen LogP contribution in [0.3, 0.4) is 0 Å². The number of hydrogen-bond acceptors (Lipinski definition) is 24. The van der Waals surface area contributed by atoms with Crippen molar-refractivity contribution < 1.29 is 150 Å². The maximum absolute atomic E-state index is 13.0. The Hall–Kier alpha value is -5.90. The van der Waals surface area contributed by atoms with Gasteiger partial charge in [-0.1, -0.05) is 44.6 Å². The first kappa shape index (κ1) is 92.1. The topological polar surface area (TPSA) is 464 Å². The zero-order valence-electron chi connectivity index (χ0n) is 58.0. The molecule has 100 heavy (non-hydrogen) atoms. The van der Waals surface area contributed by atoms with E-state index in [2.05, 4.69) is 42.5 Å². The predicted molar refractivity (Wildman–Crippen MR) is 351 cm³/mol. The predicted octanol–water partition coefficient (Wildman–Crippen LogP) is 3.70. The first-order chi connectivity index (χ1) is 46.8. The third kappa shape index (κ3) is 40.1. The molecule has 0 aliphatic carbocycles. The molecule has 34 heteroatoms. The number of piperidine rings is 7. The fourth-order valence-corrected chi connectivity index (χ4v) is 11.1. The Bertz CT molecular complexity index is 2220. The van der Waals surface area contributed by atoms with E-state index >= 15 is 0 Å². The van der Waals surface area contributed by atoms with E-state index in [1.54, 1.807) is 6.08 Å². The number of hydrogen-bond donors (Lipinski definition) is 8. The molecule has 2 radical (unpaired) electrons. The van der Waals surface area contributed by atoms with Crippen LogP contribution < -0.4 is 21.3 Å². The van der Waals surface area contributed by atoms with Crippen molar-refractivity contribution in [3.05, 3.63) is 32.9 Å². The molecular formula is C66H106Cu2N8O24. The van der Waals surface area contributed by atoms with Gasteiger partial charge in [-0.05, 0) is 110 Å². The van der Waals surface area contributed by atoms with Crippen molar-refractivity contribution in [1.29, 1.82) is 0 Å². The average Bonchev–Trinajstić information content (AvgIpc) is 0.841. The van der Waals surface area contributed by atoms with E-state index in [0.717, 1.165) is 80.1 Å². The summed E-state index contributed by atoms with van der Waals surface area (Å²) in [5.74, 6) is -8.15. The number of carbonyl (C=O) groups excluding carboxylic acids is 8. The number of rotatable bonds is 24. The number of ether oxygens (including phenoxy) is 8. The van der Waals surface area contributed by atoms with Gasteiger partial charge < -0.3 is 101 Å². The number of carbonyl (C=O) groups is 12. The second-order valence-corrected chi connectivity index (χ2v) is 25.4. The van der Waals surface area contributed by atoms with Crippen LogP contribution in [0.25, 0.3) is 21.3 Å². The molecule has 0 bridgehead atoms. The van der Waals surface area contributed by atoms with Gasteiger partial charge in [-0.2, -0.15) is 0 Å². The molecular weight excluding hydrogens is 1420 g/mol. The van der Waals surface area contributed by atoms with Crippen LogP contribution >= 0.6 is 0 Å². The van der Waals surface area contributed by atoms with Gasteiger partial charge in [-0.3, -0.25) is 52.7 Å². The fraction of sp³-hybridized carbons (Fsp3) is 0.788. The van der Waals surface area contributed by atoms with Gasteiger partial charge in [0.1, 0.15) is 63.7 Å². The van der Waals surface area contributed by atoms with Gasteiger partial charge in [0, 0.05) is 33.3 Å². The number of aliphatic carboxylic acids is 4. The third-order valence-electron chi connectivity index (χ3n) is 16.9. The molecule has 0 unspecified atom stereocenters. The molecule has 0 aromatic carbocycles. The van der Waals surface area contributed by atoms with Crippen LogP contribution in [0.5, 0.6) is 0 Å². The van der Waals surface area contributed by atoms with Gasteiger partial charge in [0.2, 0.25) is 0 Å². The van der Waals surface area contributed by atoms with E-state index in [-0.39, 0.29) is 170 Å². The van der Waals surface area contributed by atoms with Crippen molar-refractivity contribution in [1.82, 2.24) is 21.3 Å². The molecule has 0 saturated carbocycles. The Morgan fingerprint density at radius 1 is 0.330 bits per heavy atom. The van der Waals surface area contributed by atoms with E-state index in [1.165, 1.54) is 0 Å². The van der Waals surface area contributed by atoms with Crippen molar-refractivity contribution in [2.45, 2.75) is 124 Å². The Labute approximate surface area is 606 Å². The standard InChI is InChI=1S/C29H46N4O8.C29H44N4O8.4C2H4O2.2Cu/c2*34-25(21-1-9-30-10-2-21)38-17-29(18-39-26(35)22-3-11-31-12-4-22,19-40-27(36)23-5-13-32-14-6-23)20-41-28(37)24-7-15-33-16-8-24;4*1-2(3)4;;/h21-24,30-31H,1-20H2;1,22-24,31-32H,2-20H2;4*1H3,(H,3,4);;/q2*-2;;;;;2*+2. The van der Waals surface area contributed by atoms with Crippen molar-refractivity contribution in [2.24, 2.45) is 52.3 Å². The van der Waals surface area contributed by atoms with Crippen LogP contribution in [0.15, 0.2) is 11.6 Å². The van der Waals surface area contributed by atoms with E-state index < -0.39 is 40.7 Å². The van der Waals surface area contributed by atoms with E-state index in [1.807, 2.05) is 0 Å². The molecule has 8 heterocycles. The van der Waals surface area contributed by atoms with E-state index in [0.29, 0.717) is 154 Å². The largest absolute Gasteiger partial charge is 2.00 e. The summed E-state index contributed by atoms with van der Waals surface area (Å²) in [5.41, 5.74) is -1.96. The molecule has 8 aliphatic rings. The van der Waals surface area contributed by atoms with Crippen molar-refractivity contribution >= 4 is 71.6 Å². The van der Waals surface area contributed by atoms with Crippen LogP contribution in [0.4, 0.5) is 0 Å². The molecule has 32 nitrogen and oxygen atoms in total. The summed E-state index contributed by atoms with van der Waals surface area (Å²) in [6.07, 6.45) is 11.2. The van der Waals surface area contributed by atoms with Gasteiger partial charge in [0.15, 0.2) is 0 Å². The average molecular weight is 1520 g/mol. The first-order valence-electron chi connectivity index (χ1n) is 34.0. The van der Waals surface area contributed by atoms with Crippen molar-refractivity contribution in [3.8, 4) is 0 Å². The molecule has 0 atom stereocenters. The Morgan fingerprint density at radius 3 is 0.710 bits per heavy atom. The molecule has 8 N–H and O–H groups in total. The van der Waals surface area contributed by atoms with Crippen LogP contribution in [-0.2, 0) is 130 Å². The molecule has 7 fully saturated rings. The van der Waals surface area contributed by atoms with E-state index in [4.69, 9.17) is 77.5 Å². The minimum Gasteiger partial charge on any atom is -0.662 e. The summed E-state index contributed by atoms with van der Waals surface area (Å²) in [5, 5.41) is 59.7. The SMILES string of the molecule is CC(=O)O.CC(=O)O.CC(=O)O.CC(=O)O.O=C(OCC(COC(=O)C1CC[N-]CC1)(COC(=O)C1CCNCC1)COC(=O)C1CCNCC1)C1=CC[N-]CC1.O=C(OCC(COC(=O)C1CC[N-]CC1)(COC(=O)C1CCNCC1)COC(=O)C1CCNCC1)C1CC[N-]CC1.[Cu+2].[Cu+2]. The Balaban J connectivity index is 0.000000808. The summed E-state index contributed by atoms with van der Waals surface area (Å²) in [4.78, 5) is 140. The van der Waals surface area contributed by atoms with Crippen LogP contribution in [0, 0.1) is 52.3 Å². The Morgan fingerprint density at radius 2 is 0.520 bits per heavy atom. The van der Waals surface area contributed by atoms with Crippen LogP contribution in [0.2, 0.25) is 0 Å². The summed E-state index contributed by atoms with van der Waals surface area (Å²) in [6, 6.07) is 0. The zero-order valence-corrected chi connectivity index (χ0v) is 59.9. The molecule has 576 valence electrons. The van der Waals surface area contributed by atoms with Gasteiger partial charge >= 0.3 is 81.9 Å². The summed E-state index contributed by atoms with van der Waals surface area (Å²) < 4.78 is 46.3. The second-order valence-electron chi connectivity index (χ2n) is 25.4. The fourth-order valence-electron chi connectivity index (χ4n) is 11.1. The smallest absolute Gasteiger partial charge is 0.662 e. The molecule has 0 spiro atoms. The zero-order chi connectivity index (χ0) is 72.1. The number of carboxylic acids is 4. The van der Waals surface area contributed by atoms with Crippen molar-refractivity contribution in [2.75, 3.05) is 158 Å². The number of nitrogens with one attached hydrogen (secondary N) is 4. The number of nitrogens with zero attached hydrogens (tertiary/aromatic N) is 4. The summed E-state index contributed by atoms with van der Waals surface area (Å²) in [7, 11) is 0. The van der Waals surface area contributed by atoms with E-state index in [9.17, 15) is 38.4 Å². The number of esters is 8. The molecule has 7 saturated heterocycles. The summed E-state index contributed by atoms with van der Waals surface area (Å²) >= 11 is 0. The van der Waals surface area contributed by atoms with Crippen molar-refractivity contribution in [3.63, 3.8) is 0 Å². The maximum atomic E-state index is 13.0. The van der Waals surface area contributed by atoms with Crippen LogP contribution in [-0.4, -0.2) is 250 Å². The minimum atomic E-state index is -1.25.